The first-order valence-corrected chi connectivity index (χ1v) is 11.5. The maximum atomic E-state index is 12.9. The van der Waals surface area contributed by atoms with Gasteiger partial charge in [-0.3, -0.25) is 14.6 Å². The summed E-state index contributed by atoms with van der Waals surface area (Å²) >= 11 is 6.72. The van der Waals surface area contributed by atoms with Crippen LogP contribution in [-0.4, -0.2) is 31.8 Å². The molecule has 4 aromatic rings. The number of carbonyl (C=O) groups is 2. The van der Waals surface area contributed by atoms with Crippen LogP contribution in [0.15, 0.2) is 61.3 Å². The van der Waals surface area contributed by atoms with E-state index in [4.69, 9.17) is 11.6 Å². The van der Waals surface area contributed by atoms with Crippen LogP contribution in [0.2, 0.25) is 5.02 Å². The summed E-state index contributed by atoms with van der Waals surface area (Å²) in [7, 11) is 0. The first-order chi connectivity index (χ1) is 17.1. The van der Waals surface area contributed by atoms with Gasteiger partial charge in [0.05, 0.1) is 28.5 Å². The summed E-state index contributed by atoms with van der Waals surface area (Å²) in [5.74, 6) is -1.04. The van der Waals surface area contributed by atoms with Crippen molar-refractivity contribution in [3.05, 3.63) is 87.5 Å². The molecule has 0 spiro atoms. The first-order valence-electron chi connectivity index (χ1n) is 10.3. The Hall–Kier alpha value is -3.90. The Morgan fingerprint density at radius 2 is 1.86 bits per heavy atom. The molecule has 0 aliphatic carbocycles. The number of halogens is 4. The maximum Gasteiger partial charge on any atom is 0.417 e. The number of nitrogens with zero attached hydrogens (tertiary/aromatic N) is 4. The molecule has 0 bridgehead atoms. The molecule has 2 amide bonds. The largest absolute Gasteiger partial charge is 0.417 e. The van der Waals surface area contributed by atoms with Gasteiger partial charge in [-0.25, -0.2) is 15.0 Å². The molecule has 1 atom stereocenters. The second-order valence-corrected chi connectivity index (χ2v) is 8.90. The number of rotatable bonds is 6. The van der Waals surface area contributed by atoms with E-state index in [0.717, 1.165) is 35.1 Å². The van der Waals surface area contributed by atoms with Crippen LogP contribution in [0.1, 0.15) is 43.7 Å². The SMILES string of the molecule is CC(NC(=O)c1cc(-c2cccnc2)ncn1)c1ncc(C(=O)Nc2ccc(C(F)(F)F)c(Cl)c2)s1. The normalized spacial score (nSPS) is 12.1. The molecule has 184 valence electrons. The van der Waals surface area contributed by atoms with Crippen LogP contribution in [-0.2, 0) is 6.18 Å². The van der Waals surface area contributed by atoms with Gasteiger partial charge in [-0.15, -0.1) is 11.3 Å². The minimum Gasteiger partial charge on any atom is -0.342 e. The van der Waals surface area contributed by atoms with Crippen LogP contribution in [0.25, 0.3) is 11.3 Å². The van der Waals surface area contributed by atoms with E-state index in [-0.39, 0.29) is 16.3 Å². The second-order valence-electron chi connectivity index (χ2n) is 7.43. The monoisotopic (exact) mass is 532 g/mol. The van der Waals surface area contributed by atoms with E-state index in [1.54, 1.807) is 31.5 Å². The number of thiazole rings is 1. The molecule has 1 unspecified atom stereocenters. The van der Waals surface area contributed by atoms with Crippen molar-refractivity contribution in [1.29, 1.82) is 0 Å². The molecule has 4 rings (SSSR count). The fraction of sp³-hybridized carbons (Fsp3) is 0.130. The fourth-order valence-corrected chi connectivity index (χ4v) is 4.20. The van der Waals surface area contributed by atoms with Crippen LogP contribution in [0.4, 0.5) is 18.9 Å². The predicted molar refractivity (Wildman–Crippen MR) is 128 cm³/mol. The van der Waals surface area contributed by atoms with E-state index in [9.17, 15) is 22.8 Å². The molecule has 8 nitrogen and oxygen atoms in total. The minimum atomic E-state index is -4.60. The third kappa shape index (κ3) is 5.83. The van der Waals surface area contributed by atoms with Gasteiger partial charge < -0.3 is 10.6 Å². The molecule has 2 N–H and O–H groups in total. The van der Waals surface area contributed by atoms with E-state index in [2.05, 4.69) is 30.6 Å². The van der Waals surface area contributed by atoms with E-state index >= 15 is 0 Å². The zero-order valence-electron chi connectivity index (χ0n) is 18.4. The lowest BCUT2D eigenvalue weighted by Crippen LogP contribution is -2.27. The lowest BCUT2D eigenvalue weighted by molar-refractivity contribution is -0.137. The zero-order valence-corrected chi connectivity index (χ0v) is 19.9. The Morgan fingerprint density at radius 1 is 1.06 bits per heavy atom. The highest BCUT2D eigenvalue weighted by atomic mass is 35.5. The van der Waals surface area contributed by atoms with Crippen LogP contribution in [0.5, 0.6) is 0 Å². The molecule has 13 heteroatoms. The number of hydrogen-bond acceptors (Lipinski definition) is 7. The van der Waals surface area contributed by atoms with Crippen LogP contribution < -0.4 is 10.6 Å². The summed E-state index contributed by atoms with van der Waals surface area (Å²) in [6.07, 6.45) is 1.24. The van der Waals surface area contributed by atoms with Crippen molar-refractivity contribution in [3.8, 4) is 11.3 Å². The van der Waals surface area contributed by atoms with E-state index in [1.165, 1.54) is 18.6 Å². The summed E-state index contributed by atoms with van der Waals surface area (Å²) in [5, 5.41) is 5.17. The summed E-state index contributed by atoms with van der Waals surface area (Å²) < 4.78 is 38.6. The molecule has 0 radical (unpaired) electrons. The smallest absolute Gasteiger partial charge is 0.342 e. The van der Waals surface area contributed by atoms with Gasteiger partial charge >= 0.3 is 6.18 Å². The zero-order chi connectivity index (χ0) is 25.9. The molecule has 0 aliphatic heterocycles. The third-order valence-corrected chi connectivity index (χ3v) is 6.35. The van der Waals surface area contributed by atoms with Crippen molar-refractivity contribution >= 4 is 40.4 Å². The highest BCUT2D eigenvalue weighted by Gasteiger charge is 2.33. The van der Waals surface area contributed by atoms with Crippen molar-refractivity contribution in [3.63, 3.8) is 0 Å². The van der Waals surface area contributed by atoms with Gasteiger partial charge in [0.1, 0.15) is 21.9 Å². The summed E-state index contributed by atoms with van der Waals surface area (Å²) in [6.45, 7) is 1.69. The molecule has 0 saturated carbocycles. The molecule has 3 heterocycles. The number of nitrogens with one attached hydrogen (secondary N) is 2. The van der Waals surface area contributed by atoms with E-state index < -0.39 is 34.6 Å². The number of benzene rings is 1. The fourth-order valence-electron chi connectivity index (χ4n) is 3.09. The average Bonchev–Trinajstić information content (AvgIpc) is 3.35. The molecular formula is C23H16ClF3N6O2S. The number of hydrogen-bond donors (Lipinski definition) is 2. The van der Waals surface area contributed by atoms with Gasteiger partial charge in [0.15, 0.2) is 0 Å². The maximum absolute atomic E-state index is 12.9. The van der Waals surface area contributed by atoms with E-state index in [0.29, 0.717) is 10.7 Å². The lowest BCUT2D eigenvalue weighted by Gasteiger charge is -2.11. The number of alkyl halides is 3. The Kier molecular flexibility index (Phi) is 7.27. The quantitative estimate of drug-likeness (QED) is 0.343. The standard InChI is InChI=1S/C23H16ClF3N6O2S/c1-12(32-20(34)18-8-17(30-11-31-18)13-3-2-6-28-9-13)22-29-10-19(36-22)21(35)33-14-4-5-15(16(24)7-14)23(25,26)27/h2-12H,1H3,(H,32,34)(H,33,35). The van der Waals surface area contributed by atoms with Crippen molar-refractivity contribution < 1.29 is 22.8 Å². The molecule has 3 aromatic heterocycles. The van der Waals surface area contributed by atoms with Crippen molar-refractivity contribution in [2.45, 2.75) is 19.1 Å². The van der Waals surface area contributed by atoms with Crippen molar-refractivity contribution in [2.75, 3.05) is 5.32 Å². The molecular weight excluding hydrogens is 517 g/mol. The minimum absolute atomic E-state index is 0.0995. The Labute approximate surface area is 211 Å². The van der Waals surface area contributed by atoms with Gasteiger partial charge in [0, 0.05) is 23.6 Å². The highest BCUT2D eigenvalue weighted by Crippen LogP contribution is 2.36. The molecule has 0 fully saturated rings. The second kappa shape index (κ2) is 10.4. The number of carbonyl (C=O) groups excluding carboxylic acids is 2. The molecule has 0 aliphatic rings. The average molecular weight is 533 g/mol. The van der Waals surface area contributed by atoms with Crippen LogP contribution in [0.3, 0.4) is 0 Å². The lowest BCUT2D eigenvalue weighted by atomic mass is 10.2. The van der Waals surface area contributed by atoms with E-state index in [1.807, 2.05) is 0 Å². The molecule has 1 aromatic carbocycles. The summed E-state index contributed by atoms with van der Waals surface area (Å²) in [5.41, 5.74) is 0.509. The molecule has 36 heavy (non-hydrogen) atoms. The Balaban J connectivity index is 1.41. The van der Waals surface area contributed by atoms with Gasteiger partial charge in [-0.2, -0.15) is 13.2 Å². The predicted octanol–water partition coefficient (Wildman–Crippen LogP) is 5.41. The van der Waals surface area contributed by atoms with Crippen molar-refractivity contribution in [2.24, 2.45) is 0 Å². The Morgan fingerprint density at radius 3 is 2.56 bits per heavy atom. The van der Waals surface area contributed by atoms with Gasteiger partial charge in [-0.05, 0) is 43.3 Å². The summed E-state index contributed by atoms with van der Waals surface area (Å²) in [4.78, 5) is 41.8. The number of pyridine rings is 1. The number of aromatic nitrogens is 4. The van der Waals surface area contributed by atoms with Crippen molar-refractivity contribution in [1.82, 2.24) is 25.3 Å². The van der Waals surface area contributed by atoms with Gasteiger partial charge in [0.2, 0.25) is 0 Å². The third-order valence-electron chi connectivity index (χ3n) is 4.85. The summed E-state index contributed by atoms with van der Waals surface area (Å²) in [6, 6.07) is 7.46. The highest BCUT2D eigenvalue weighted by molar-refractivity contribution is 7.13. The number of amides is 2. The van der Waals surface area contributed by atoms with Crippen LogP contribution >= 0.6 is 22.9 Å². The van der Waals surface area contributed by atoms with Gasteiger partial charge in [-0.1, -0.05) is 11.6 Å². The molecule has 0 saturated heterocycles. The first kappa shape index (κ1) is 25.2. The topological polar surface area (TPSA) is 110 Å². The number of anilines is 1. The Bertz CT molecular complexity index is 1410. The van der Waals surface area contributed by atoms with Crippen LogP contribution in [0, 0.1) is 0 Å². The van der Waals surface area contributed by atoms with Gasteiger partial charge in [0.25, 0.3) is 11.8 Å².